The summed E-state index contributed by atoms with van der Waals surface area (Å²) in [5.74, 6) is -0.915. The minimum atomic E-state index is -1.04. The van der Waals surface area contributed by atoms with Gasteiger partial charge in [0.2, 0.25) is 0 Å². The number of hydrogen-bond donors (Lipinski definition) is 2. The van der Waals surface area contributed by atoms with Crippen molar-refractivity contribution in [2.75, 3.05) is 19.6 Å². The molecule has 6 nitrogen and oxygen atoms in total. The average molecular weight is 255 g/mol. The molecule has 3 N–H and O–H groups in total. The Morgan fingerprint density at radius 1 is 1.28 bits per heavy atom. The van der Waals surface area contributed by atoms with Gasteiger partial charge in [0.15, 0.2) is 0 Å². The van der Waals surface area contributed by atoms with Crippen LogP contribution < -0.4 is 5.73 Å². The molecule has 0 bridgehead atoms. The molecule has 6 heteroatoms. The van der Waals surface area contributed by atoms with Crippen LogP contribution in [-0.2, 0) is 4.79 Å². The van der Waals surface area contributed by atoms with Crippen molar-refractivity contribution < 1.29 is 14.7 Å². The number of nitrogens with two attached hydrogens (primary N) is 1. The molecule has 2 fully saturated rings. The molecular weight excluding hydrogens is 234 g/mol. The number of nitrogens with zero attached hydrogens (tertiary/aromatic N) is 2. The van der Waals surface area contributed by atoms with Crippen molar-refractivity contribution in [3.05, 3.63) is 0 Å². The Bertz CT molecular complexity index is 352. The summed E-state index contributed by atoms with van der Waals surface area (Å²) in [7, 11) is 0. The molecular formula is C12H21N3O3. The molecule has 0 aromatic rings. The molecule has 0 aromatic carbocycles. The van der Waals surface area contributed by atoms with Gasteiger partial charge in [-0.25, -0.2) is 9.59 Å². The van der Waals surface area contributed by atoms with Gasteiger partial charge < -0.3 is 20.6 Å². The maximum Gasteiger partial charge on any atom is 0.329 e. The van der Waals surface area contributed by atoms with E-state index in [1.807, 2.05) is 0 Å². The van der Waals surface area contributed by atoms with Gasteiger partial charge in [0.05, 0.1) is 0 Å². The number of carbonyl (C=O) groups excluding carboxylic acids is 1. The lowest BCUT2D eigenvalue weighted by atomic mass is 9.99. The van der Waals surface area contributed by atoms with Crippen molar-refractivity contribution in [1.82, 2.24) is 9.80 Å². The fourth-order valence-corrected chi connectivity index (χ4v) is 2.75. The maximum atomic E-state index is 12.4. The minimum Gasteiger partial charge on any atom is -0.480 e. The first kappa shape index (κ1) is 13.1. The van der Waals surface area contributed by atoms with Crippen LogP contribution in [0.1, 0.15) is 32.6 Å². The van der Waals surface area contributed by atoms with Crippen molar-refractivity contribution in [3.8, 4) is 0 Å². The van der Waals surface area contributed by atoms with E-state index in [0.29, 0.717) is 26.1 Å². The number of urea groups is 1. The predicted molar refractivity (Wildman–Crippen MR) is 66.2 cm³/mol. The molecule has 2 heterocycles. The first-order chi connectivity index (χ1) is 8.45. The van der Waals surface area contributed by atoms with E-state index in [-0.39, 0.29) is 12.1 Å². The van der Waals surface area contributed by atoms with Crippen molar-refractivity contribution in [2.45, 2.75) is 44.2 Å². The highest BCUT2D eigenvalue weighted by molar-refractivity contribution is 5.86. The predicted octanol–water partition coefficient (Wildman–Crippen LogP) is 0.469. The fraction of sp³-hybridized carbons (Fsp3) is 0.833. The van der Waals surface area contributed by atoms with Crippen LogP contribution in [-0.4, -0.2) is 58.1 Å². The summed E-state index contributed by atoms with van der Waals surface area (Å²) >= 11 is 0. The molecule has 2 rings (SSSR count). The number of carboxylic acid groups (broad SMARTS) is 1. The maximum absolute atomic E-state index is 12.4. The van der Waals surface area contributed by atoms with Crippen LogP contribution in [0, 0.1) is 0 Å². The lowest BCUT2D eigenvalue weighted by molar-refractivity contribution is -0.147. The van der Waals surface area contributed by atoms with Crippen LogP contribution in [0.25, 0.3) is 0 Å². The van der Waals surface area contributed by atoms with E-state index in [4.69, 9.17) is 5.73 Å². The summed E-state index contributed by atoms with van der Waals surface area (Å²) in [4.78, 5) is 27.0. The van der Waals surface area contributed by atoms with Crippen LogP contribution in [0.3, 0.4) is 0 Å². The number of rotatable bonds is 1. The molecule has 18 heavy (non-hydrogen) atoms. The van der Waals surface area contributed by atoms with Crippen molar-refractivity contribution in [1.29, 1.82) is 0 Å². The second-order valence-electron chi connectivity index (χ2n) is 5.44. The second kappa shape index (κ2) is 4.76. The fourth-order valence-electron chi connectivity index (χ4n) is 2.75. The van der Waals surface area contributed by atoms with Gasteiger partial charge in [-0.05, 0) is 32.6 Å². The Morgan fingerprint density at radius 2 is 1.89 bits per heavy atom. The second-order valence-corrected chi connectivity index (χ2v) is 5.44. The Balaban J connectivity index is 2.06. The third kappa shape index (κ3) is 2.16. The number of aliphatic carboxylic acids is 1. The number of carbonyl (C=O) groups is 2. The number of hydrogen-bond acceptors (Lipinski definition) is 3. The van der Waals surface area contributed by atoms with E-state index in [0.717, 1.165) is 19.3 Å². The summed E-state index contributed by atoms with van der Waals surface area (Å²) in [5, 5.41) is 9.30. The molecule has 102 valence electrons. The summed E-state index contributed by atoms with van der Waals surface area (Å²) < 4.78 is 0. The monoisotopic (exact) mass is 255 g/mol. The Labute approximate surface area is 107 Å². The highest BCUT2D eigenvalue weighted by Crippen LogP contribution is 2.30. The van der Waals surface area contributed by atoms with Crippen molar-refractivity contribution >= 4 is 12.0 Å². The number of carboxylic acids is 1. The number of likely N-dealkylation sites (tertiary alicyclic amines) is 2. The molecule has 2 saturated heterocycles. The van der Waals surface area contributed by atoms with Crippen molar-refractivity contribution in [2.24, 2.45) is 5.73 Å². The van der Waals surface area contributed by atoms with Gasteiger partial charge in [-0.1, -0.05) is 0 Å². The van der Waals surface area contributed by atoms with Gasteiger partial charge in [0.1, 0.15) is 5.54 Å². The highest BCUT2D eigenvalue weighted by Gasteiger charge is 2.47. The zero-order valence-electron chi connectivity index (χ0n) is 10.8. The van der Waals surface area contributed by atoms with Gasteiger partial charge in [-0.3, -0.25) is 0 Å². The Kier molecular flexibility index (Phi) is 3.47. The third-order valence-corrected chi connectivity index (χ3v) is 4.14. The lowest BCUT2D eigenvalue weighted by Crippen LogP contribution is -2.56. The quantitative estimate of drug-likeness (QED) is 0.713. The Morgan fingerprint density at radius 3 is 2.44 bits per heavy atom. The van der Waals surface area contributed by atoms with E-state index in [1.165, 1.54) is 4.90 Å². The standard InChI is InChI=1S/C12H21N3O3/c1-12(10(16)17)5-2-6-15(12)11(18)14-7-3-9(13)4-8-14/h9H,2-8,13H2,1H3,(H,16,17). The van der Waals surface area contributed by atoms with Gasteiger partial charge in [0, 0.05) is 25.7 Å². The van der Waals surface area contributed by atoms with Gasteiger partial charge in [-0.2, -0.15) is 0 Å². The normalized spacial score (nSPS) is 29.7. The molecule has 0 saturated carbocycles. The SMILES string of the molecule is CC1(C(=O)O)CCCN1C(=O)N1CCC(N)CC1. The number of piperidine rings is 1. The van der Waals surface area contributed by atoms with E-state index in [9.17, 15) is 14.7 Å². The molecule has 0 radical (unpaired) electrons. The zero-order valence-corrected chi connectivity index (χ0v) is 10.8. The van der Waals surface area contributed by atoms with Gasteiger partial charge in [0.25, 0.3) is 0 Å². The summed E-state index contributed by atoms with van der Waals surface area (Å²) in [6.07, 6.45) is 2.87. The first-order valence-electron chi connectivity index (χ1n) is 6.50. The summed E-state index contributed by atoms with van der Waals surface area (Å²) in [6, 6.07) is 0.0165. The first-order valence-corrected chi connectivity index (χ1v) is 6.50. The molecule has 2 amide bonds. The molecule has 1 unspecified atom stereocenters. The average Bonchev–Trinajstić information content (AvgIpc) is 2.73. The molecule has 0 aliphatic carbocycles. The van der Waals surface area contributed by atoms with E-state index in [2.05, 4.69) is 0 Å². The third-order valence-electron chi connectivity index (χ3n) is 4.14. The van der Waals surface area contributed by atoms with E-state index >= 15 is 0 Å². The molecule has 2 aliphatic rings. The summed E-state index contributed by atoms with van der Waals surface area (Å²) in [5.41, 5.74) is 4.76. The molecule has 0 aromatic heterocycles. The zero-order chi connectivity index (χ0) is 13.3. The summed E-state index contributed by atoms with van der Waals surface area (Å²) in [6.45, 7) is 3.43. The van der Waals surface area contributed by atoms with Crippen LogP contribution in [0.2, 0.25) is 0 Å². The smallest absolute Gasteiger partial charge is 0.329 e. The van der Waals surface area contributed by atoms with Gasteiger partial charge >= 0.3 is 12.0 Å². The number of amides is 2. The Hall–Kier alpha value is -1.30. The largest absolute Gasteiger partial charge is 0.480 e. The lowest BCUT2D eigenvalue weighted by Gasteiger charge is -2.38. The van der Waals surface area contributed by atoms with E-state index in [1.54, 1.807) is 11.8 Å². The molecule has 1 atom stereocenters. The molecule has 0 spiro atoms. The van der Waals surface area contributed by atoms with Crippen molar-refractivity contribution in [3.63, 3.8) is 0 Å². The highest BCUT2D eigenvalue weighted by atomic mass is 16.4. The van der Waals surface area contributed by atoms with Crippen LogP contribution in [0.15, 0.2) is 0 Å². The van der Waals surface area contributed by atoms with E-state index < -0.39 is 11.5 Å². The topological polar surface area (TPSA) is 86.9 Å². The van der Waals surface area contributed by atoms with Crippen LogP contribution in [0.5, 0.6) is 0 Å². The minimum absolute atomic E-state index is 0.149. The van der Waals surface area contributed by atoms with Gasteiger partial charge in [-0.15, -0.1) is 0 Å². The van der Waals surface area contributed by atoms with Crippen LogP contribution in [0.4, 0.5) is 4.79 Å². The van der Waals surface area contributed by atoms with Crippen LogP contribution >= 0.6 is 0 Å². The molecule has 2 aliphatic heterocycles.